The Labute approximate surface area is 92.5 Å². The van der Waals surface area contributed by atoms with Crippen molar-refractivity contribution in [2.75, 3.05) is 20.1 Å². The van der Waals surface area contributed by atoms with E-state index in [-0.39, 0.29) is 12.4 Å². The molecule has 1 fully saturated rings. The van der Waals surface area contributed by atoms with E-state index in [9.17, 15) is 0 Å². The van der Waals surface area contributed by atoms with Gasteiger partial charge >= 0.3 is 0 Å². The summed E-state index contributed by atoms with van der Waals surface area (Å²) in [6.45, 7) is 2.50. The van der Waals surface area contributed by atoms with Gasteiger partial charge in [-0.2, -0.15) is 0 Å². The Kier molecular flexibility index (Phi) is 4.43. The highest BCUT2D eigenvalue weighted by Gasteiger charge is 2.17. The van der Waals surface area contributed by atoms with Gasteiger partial charge in [-0.25, -0.2) is 0 Å². The van der Waals surface area contributed by atoms with E-state index >= 15 is 0 Å². The lowest BCUT2D eigenvalue weighted by molar-refractivity contribution is 0.255. The maximum Gasteiger partial charge on any atom is -0.00159 e. The average Bonchev–Trinajstić information content (AvgIpc) is 2.20. The van der Waals surface area contributed by atoms with Crippen molar-refractivity contribution in [2.24, 2.45) is 0 Å². The van der Waals surface area contributed by atoms with Crippen LogP contribution in [0, 0.1) is 0 Å². The van der Waals surface area contributed by atoms with Crippen LogP contribution in [0.15, 0.2) is 30.3 Å². The number of piperidine rings is 1. The van der Waals surface area contributed by atoms with Crippen LogP contribution in [0.2, 0.25) is 0 Å². The molecule has 2 heteroatoms. The van der Waals surface area contributed by atoms with Gasteiger partial charge in [-0.3, -0.25) is 0 Å². The second-order valence-corrected chi connectivity index (χ2v) is 3.99. The van der Waals surface area contributed by atoms with Crippen molar-refractivity contribution in [3.63, 3.8) is 0 Å². The van der Waals surface area contributed by atoms with Crippen molar-refractivity contribution in [2.45, 2.75) is 18.8 Å². The smallest absolute Gasteiger partial charge is 0.00159 e. The second-order valence-electron chi connectivity index (χ2n) is 3.99. The van der Waals surface area contributed by atoms with Crippen molar-refractivity contribution >= 4 is 12.4 Å². The SMILES string of the molecule is CN1CCC(c2ccccc2)CC1.Cl. The molecule has 1 saturated heterocycles. The Bertz CT molecular complexity index is 252. The highest BCUT2D eigenvalue weighted by Crippen LogP contribution is 2.26. The molecule has 0 spiro atoms. The zero-order valence-electron chi connectivity index (χ0n) is 8.65. The average molecular weight is 212 g/mol. The number of likely N-dealkylation sites (tertiary alicyclic amines) is 1. The molecule has 1 aliphatic heterocycles. The highest BCUT2D eigenvalue weighted by atomic mass is 35.5. The largest absolute Gasteiger partial charge is 0.306 e. The van der Waals surface area contributed by atoms with Crippen molar-refractivity contribution in [1.82, 2.24) is 4.90 Å². The third-order valence-corrected chi connectivity index (χ3v) is 2.99. The van der Waals surface area contributed by atoms with Gasteiger partial charge in [0, 0.05) is 0 Å². The summed E-state index contributed by atoms with van der Waals surface area (Å²) in [4.78, 5) is 2.42. The lowest BCUT2D eigenvalue weighted by atomic mass is 9.90. The van der Waals surface area contributed by atoms with E-state index in [1.54, 1.807) is 0 Å². The topological polar surface area (TPSA) is 3.24 Å². The normalized spacial score (nSPS) is 18.9. The van der Waals surface area contributed by atoms with Crippen LogP contribution < -0.4 is 0 Å². The van der Waals surface area contributed by atoms with E-state index in [1.165, 1.54) is 31.5 Å². The quantitative estimate of drug-likeness (QED) is 0.691. The Morgan fingerprint density at radius 2 is 1.64 bits per heavy atom. The van der Waals surface area contributed by atoms with Crippen LogP contribution in [0.5, 0.6) is 0 Å². The summed E-state index contributed by atoms with van der Waals surface area (Å²) >= 11 is 0. The van der Waals surface area contributed by atoms with E-state index < -0.39 is 0 Å². The molecule has 1 heterocycles. The van der Waals surface area contributed by atoms with Crippen LogP contribution in [-0.4, -0.2) is 25.0 Å². The lowest BCUT2D eigenvalue weighted by Gasteiger charge is -2.29. The number of rotatable bonds is 1. The fourth-order valence-corrected chi connectivity index (χ4v) is 2.07. The molecular formula is C12H18ClN. The first-order chi connectivity index (χ1) is 6.36. The molecule has 0 amide bonds. The van der Waals surface area contributed by atoms with Crippen LogP contribution >= 0.6 is 12.4 Å². The third kappa shape index (κ3) is 2.73. The third-order valence-electron chi connectivity index (χ3n) is 2.99. The molecule has 2 rings (SSSR count). The second kappa shape index (κ2) is 5.38. The lowest BCUT2D eigenvalue weighted by Crippen LogP contribution is -2.29. The molecule has 1 nitrogen and oxygen atoms in total. The van der Waals surface area contributed by atoms with Gasteiger partial charge in [0.05, 0.1) is 0 Å². The fourth-order valence-electron chi connectivity index (χ4n) is 2.07. The molecule has 0 N–H and O–H groups in total. The Morgan fingerprint density at radius 3 is 2.21 bits per heavy atom. The first kappa shape index (κ1) is 11.5. The van der Waals surface area contributed by atoms with Crippen LogP contribution in [0.25, 0.3) is 0 Å². The monoisotopic (exact) mass is 211 g/mol. The van der Waals surface area contributed by atoms with Gasteiger partial charge in [-0.1, -0.05) is 30.3 Å². The van der Waals surface area contributed by atoms with E-state index in [0.29, 0.717) is 0 Å². The molecule has 0 bridgehead atoms. The number of hydrogen-bond donors (Lipinski definition) is 0. The van der Waals surface area contributed by atoms with E-state index in [1.807, 2.05) is 0 Å². The summed E-state index contributed by atoms with van der Waals surface area (Å²) in [5.74, 6) is 0.803. The molecule has 1 aliphatic rings. The highest BCUT2D eigenvalue weighted by molar-refractivity contribution is 5.85. The Morgan fingerprint density at radius 1 is 1.07 bits per heavy atom. The minimum absolute atomic E-state index is 0. The summed E-state index contributed by atoms with van der Waals surface area (Å²) in [7, 11) is 2.21. The van der Waals surface area contributed by atoms with E-state index in [2.05, 4.69) is 42.3 Å². The van der Waals surface area contributed by atoms with Gasteiger partial charge in [-0.15, -0.1) is 12.4 Å². The molecule has 0 saturated carbocycles. The molecule has 0 aliphatic carbocycles. The summed E-state index contributed by atoms with van der Waals surface area (Å²) in [5, 5.41) is 0. The molecular weight excluding hydrogens is 194 g/mol. The molecule has 0 radical (unpaired) electrons. The van der Waals surface area contributed by atoms with Gasteiger partial charge in [0.2, 0.25) is 0 Å². The number of nitrogens with zero attached hydrogens (tertiary/aromatic N) is 1. The standard InChI is InChI=1S/C12H17N.ClH/c1-13-9-7-12(8-10-13)11-5-3-2-4-6-11;/h2-6,12H,7-10H2,1H3;1H. The van der Waals surface area contributed by atoms with Crippen molar-refractivity contribution < 1.29 is 0 Å². The maximum atomic E-state index is 2.42. The van der Waals surface area contributed by atoms with E-state index in [0.717, 1.165) is 5.92 Å². The summed E-state index contributed by atoms with van der Waals surface area (Å²) in [6.07, 6.45) is 2.64. The van der Waals surface area contributed by atoms with Crippen LogP contribution in [0.4, 0.5) is 0 Å². The van der Waals surface area contributed by atoms with Crippen molar-refractivity contribution in [1.29, 1.82) is 0 Å². The molecule has 1 aromatic carbocycles. The van der Waals surface area contributed by atoms with Crippen LogP contribution in [0.1, 0.15) is 24.3 Å². The number of halogens is 1. The summed E-state index contributed by atoms with van der Waals surface area (Å²) in [5.41, 5.74) is 1.52. The number of hydrogen-bond acceptors (Lipinski definition) is 1. The van der Waals surface area contributed by atoms with Crippen LogP contribution in [0.3, 0.4) is 0 Å². The van der Waals surface area contributed by atoms with Gasteiger partial charge in [-0.05, 0) is 44.5 Å². The van der Waals surface area contributed by atoms with E-state index in [4.69, 9.17) is 0 Å². The predicted molar refractivity (Wildman–Crippen MR) is 63.2 cm³/mol. The molecule has 0 unspecified atom stereocenters. The van der Waals surface area contributed by atoms with Crippen molar-refractivity contribution in [3.05, 3.63) is 35.9 Å². The Hall–Kier alpha value is -0.530. The minimum Gasteiger partial charge on any atom is -0.306 e. The maximum absolute atomic E-state index is 2.42. The molecule has 0 aromatic heterocycles. The first-order valence-corrected chi connectivity index (χ1v) is 5.10. The predicted octanol–water partition coefficient (Wildman–Crippen LogP) is 2.92. The van der Waals surface area contributed by atoms with Crippen LogP contribution in [-0.2, 0) is 0 Å². The summed E-state index contributed by atoms with van der Waals surface area (Å²) < 4.78 is 0. The summed E-state index contributed by atoms with van der Waals surface area (Å²) in [6, 6.07) is 10.9. The zero-order valence-corrected chi connectivity index (χ0v) is 9.46. The number of benzene rings is 1. The molecule has 14 heavy (non-hydrogen) atoms. The van der Waals surface area contributed by atoms with Gasteiger partial charge in [0.1, 0.15) is 0 Å². The molecule has 0 atom stereocenters. The van der Waals surface area contributed by atoms with Gasteiger partial charge in [0.25, 0.3) is 0 Å². The zero-order chi connectivity index (χ0) is 9.10. The van der Waals surface area contributed by atoms with Gasteiger partial charge in [0.15, 0.2) is 0 Å². The molecule has 78 valence electrons. The Balaban J connectivity index is 0.000000980. The fraction of sp³-hybridized carbons (Fsp3) is 0.500. The van der Waals surface area contributed by atoms with Gasteiger partial charge < -0.3 is 4.90 Å². The minimum atomic E-state index is 0. The molecule has 1 aromatic rings. The van der Waals surface area contributed by atoms with Crippen molar-refractivity contribution in [3.8, 4) is 0 Å². The first-order valence-electron chi connectivity index (χ1n) is 5.10.